The highest BCUT2D eigenvalue weighted by Gasteiger charge is 2.13. The summed E-state index contributed by atoms with van der Waals surface area (Å²) < 4.78 is 0.900. The van der Waals surface area contributed by atoms with E-state index < -0.39 is 0 Å². The van der Waals surface area contributed by atoms with Crippen molar-refractivity contribution < 1.29 is 4.79 Å². The lowest BCUT2D eigenvalue weighted by Crippen LogP contribution is -2.27. The number of hydrogen-bond acceptors (Lipinski definition) is 2. The second kappa shape index (κ2) is 7.58. The Labute approximate surface area is 138 Å². The van der Waals surface area contributed by atoms with Crippen LogP contribution in [0.1, 0.15) is 24.1 Å². The Balaban J connectivity index is 2.14. The van der Waals surface area contributed by atoms with E-state index in [0.29, 0.717) is 0 Å². The number of carbonyl (C=O) groups is 1. The first-order chi connectivity index (χ1) is 10.6. The van der Waals surface area contributed by atoms with E-state index in [0.717, 1.165) is 15.6 Å². The molecule has 2 aromatic rings. The number of amides is 1. The zero-order chi connectivity index (χ0) is 15.9. The van der Waals surface area contributed by atoms with E-state index in [2.05, 4.69) is 21.2 Å². The van der Waals surface area contributed by atoms with Crippen LogP contribution in [0.15, 0.2) is 64.6 Å². The third kappa shape index (κ3) is 4.31. The summed E-state index contributed by atoms with van der Waals surface area (Å²) in [5.74, 6) is -0.376. The summed E-state index contributed by atoms with van der Waals surface area (Å²) in [4.78, 5) is 12.2. The highest BCUT2D eigenvalue weighted by atomic mass is 79.9. The highest BCUT2D eigenvalue weighted by molar-refractivity contribution is 9.10. The Morgan fingerprint density at radius 2 is 1.95 bits per heavy atom. The standard InChI is InChI=1S/C18H15BrN2O/c1-13(15-7-3-2-4-8-15)21-18(22)16(12-20)10-14-6-5-9-17(19)11-14/h2-11,13H,1H3,(H,21,22)/b16-10-/t13-/m1/s1. The van der Waals surface area contributed by atoms with Crippen molar-refractivity contribution in [3.05, 3.63) is 75.8 Å². The number of nitrogens with zero attached hydrogens (tertiary/aromatic N) is 1. The maximum Gasteiger partial charge on any atom is 0.262 e. The van der Waals surface area contributed by atoms with Crippen molar-refractivity contribution in [1.82, 2.24) is 5.32 Å². The molecule has 0 spiro atoms. The van der Waals surface area contributed by atoms with Gasteiger partial charge >= 0.3 is 0 Å². The molecular weight excluding hydrogens is 340 g/mol. The molecule has 110 valence electrons. The average Bonchev–Trinajstić information content (AvgIpc) is 2.53. The third-order valence-corrected chi connectivity index (χ3v) is 3.67. The molecule has 0 aliphatic rings. The van der Waals surface area contributed by atoms with Gasteiger partial charge in [-0.1, -0.05) is 58.4 Å². The molecule has 1 amide bonds. The molecule has 1 N–H and O–H groups in total. The fourth-order valence-corrected chi connectivity index (χ4v) is 2.43. The Kier molecular flexibility index (Phi) is 5.51. The minimum Gasteiger partial charge on any atom is -0.345 e. The van der Waals surface area contributed by atoms with E-state index in [1.165, 1.54) is 0 Å². The van der Waals surface area contributed by atoms with Crippen LogP contribution in [0, 0.1) is 11.3 Å². The van der Waals surface area contributed by atoms with Gasteiger partial charge in [0.1, 0.15) is 11.6 Å². The lowest BCUT2D eigenvalue weighted by atomic mass is 10.1. The lowest BCUT2D eigenvalue weighted by Gasteiger charge is -2.13. The van der Waals surface area contributed by atoms with E-state index in [1.807, 2.05) is 67.6 Å². The zero-order valence-corrected chi connectivity index (χ0v) is 13.7. The quantitative estimate of drug-likeness (QED) is 0.659. The molecule has 2 rings (SSSR count). The topological polar surface area (TPSA) is 52.9 Å². The van der Waals surface area contributed by atoms with Crippen molar-refractivity contribution in [2.45, 2.75) is 13.0 Å². The first kappa shape index (κ1) is 16.0. The molecule has 0 saturated heterocycles. The van der Waals surface area contributed by atoms with Gasteiger partial charge in [-0.25, -0.2) is 0 Å². The maximum absolute atomic E-state index is 12.2. The summed E-state index contributed by atoms with van der Waals surface area (Å²) in [6.45, 7) is 1.89. The van der Waals surface area contributed by atoms with Gasteiger partial charge in [-0.2, -0.15) is 5.26 Å². The Bertz CT molecular complexity index is 732. The van der Waals surface area contributed by atoms with Crippen molar-refractivity contribution in [2.75, 3.05) is 0 Å². The van der Waals surface area contributed by atoms with Crippen LogP contribution in [0.2, 0.25) is 0 Å². The third-order valence-electron chi connectivity index (χ3n) is 3.17. The highest BCUT2D eigenvalue weighted by Crippen LogP contribution is 2.16. The maximum atomic E-state index is 12.2. The Morgan fingerprint density at radius 1 is 1.23 bits per heavy atom. The van der Waals surface area contributed by atoms with E-state index in [-0.39, 0.29) is 17.5 Å². The molecule has 1 atom stereocenters. The smallest absolute Gasteiger partial charge is 0.262 e. The first-order valence-corrected chi connectivity index (χ1v) is 7.62. The minimum absolute atomic E-state index is 0.0841. The number of rotatable bonds is 4. The molecule has 0 saturated carbocycles. The normalized spacial score (nSPS) is 12.3. The van der Waals surface area contributed by atoms with E-state index in [9.17, 15) is 10.1 Å². The molecule has 0 unspecified atom stereocenters. The number of halogens is 1. The monoisotopic (exact) mass is 354 g/mol. The fourth-order valence-electron chi connectivity index (χ4n) is 2.01. The Hall–Kier alpha value is -2.38. The summed E-state index contributed by atoms with van der Waals surface area (Å²) in [5.41, 5.74) is 1.88. The van der Waals surface area contributed by atoms with Crippen LogP contribution in [0.5, 0.6) is 0 Å². The van der Waals surface area contributed by atoms with E-state index >= 15 is 0 Å². The number of benzene rings is 2. The van der Waals surface area contributed by atoms with Gasteiger partial charge in [-0.15, -0.1) is 0 Å². The van der Waals surface area contributed by atoms with Gasteiger partial charge in [0.05, 0.1) is 6.04 Å². The molecule has 0 aliphatic carbocycles. The molecule has 0 heterocycles. The van der Waals surface area contributed by atoms with Crippen LogP contribution in [-0.2, 0) is 4.79 Å². The van der Waals surface area contributed by atoms with E-state index in [1.54, 1.807) is 6.08 Å². The summed E-state index contributed by atoms with van der Waals surface area (Å²) in [5, 5.41) is 12.1. The van der Waals surface area contributed by atoms with Gasteiger partial charge in [0.15, 0.2) is 0 Å². The van der Waals surface area contributed by atoms with Crippen LogP contribution < -0.4 is 5.32 Å². The number of nitriles is 1. The van der Waals surface area contributed by atoms with Gasteiger partial charge in [0.25, 0.3) is 5.91 Å². The molecular formula is C18H15BrN2O. The van der Waals surface area contributed by atoms with Crippen molar-refractivity contribution in [1.29, 1.82) is 5.26 Å². The van der Waals surface area contributed by atoms with Crippen molar-refractivity contribution in [2.24, 2.45) is 0 Å². The zero-order valence-electron chi connectivity index (χ0n) is 12.1. The van der Waals surface area contributed by atoms with Crippen molar-refractivity contribution >= 4 is 27.9 Å². The minimum atomic E-state index is -0.376. The molecule has 2 aromatic carbocycles. The van der Waals surface area contributed by atoms with E-state index in [4.69, 9.17) is 0 Å². The largest absolute Gasteiger partial charge is 0.345 e. The molecule has 0 bridgehead atoms. The molecule has 22 heavy (non-hydrogen) atoms. The predicted octanol–water partition coefficient (Wildman–Crippen LogP) is 4.23. The predicted molar refractivity (Wildman–Crippen MR) is 90.7 cm³/mol. The second-order valence-electron chi connectivity index (χ2n) is 4.83. The molecule has 0 fully saturated rings. The molecule has 0 radical (unpaired) electrons. The SMILES string of the molecule is C[C@@H](NC(=O)/C(C#N)=C\c1cccc(Br)c1)c1ccccc1. The molecule has 4 heteroatoms. The van der Waals surface area contributed by atoms with Crippen LogP contribution in [0.3, 0.4) is 0 Å². The van der Waals surface area contributed by atoms with Crippen LogP contribution in [0.4, 0.5) is 0 Å². The summed E-state index contributed by atoms with van der Waals surface area (Å²) in [6.07, 6.45) is 1.58. The van der Waals surface area contributed by atoms with Gasteiger partial charge < -0.3 is 5.32 Å². The van der Waals surface area contributed by atoms with Gasteiger partial charge in [0.2, 0.25) is 0 Å². The summed E-state index contributed by atoms with van der Waals surface area (Å²) >= 11 is 3.37. The summed E-state index contributed by atoms with van der Waals surface area (Å²) in [6, 6.07) is 18.9. The van der Waals surface area contributed by atoms with Crippen LogP contribution in [-0.4, -0.2) is 5.91 Å². The van der Waals surface area contributed by atoms with Gasteiger partial charge in [-0.05, 0) is 36.3 Å². The van der Waals surface area contributed by atoms with Crippen molar-refractivity contribution in [3.8, 4) is 6.07 Å². The van der Waals surface area contributed by atoms with Gasteiger partial charge in [0, 0.05) is 4.47 Å². The summed E-state index contributed by atoms with van der Waals surface area (Å²) in [7, 11) is 0. The molecule has 0 aliphatic heterocycles. The number of hydrogen-bond donors (Lipinski definition) is 1. The van der Waals surface area contributed by atoms with Crippen molar-refractivity contribution in [3.63, 3.8) is 0 Å². The average molecular weight is 355 g/mol. The lowest BCUT2D eigenvalue weighted by molar-refractivity contribution is -0.117. The fraction of sp³-hybridized carbons (Fsp3) is 0.111. The Morgan fingerprint density at radius 3 is 2.59 bits per heavy atom. The molecule has 0 aromatic heterocycles. The number of carbonyl (C=O) groups excluding carboxylic acids is 1. The van der Waals surface area contributed by atoms with Crippen LogP contribution in [0.25, 0.3) is 6.08 Å². The number of nitrogens with one attached hydrogen (secondary N) is 1. The second-order valence-corrected chi connectivity index (χ2v) is 5.75. The molecule has 3 nitrogen and oxygen atoms in total. The first-order valence-electron chi connectivity index (χ1n) is 6.83. The van der Waals surface area contributed by atoms with Crippen LogP contribution >= 0.6 is 15.9 Å². The van der Waals surface area contributed by atoms with Gasteiger partial charge in [-0.3, -0.25) is 4.79 Å².